The van der Waals surface area contributed by atoms with Gasteiger partial charge < -0.3 is 34.6 Å². The number of nitrogens with zero attached hydrogens (tertiary/aromatic N) is 3. The Kier molecular flexibility index (Phi) is 17.0. The summed E-state index contributed by atoms with van der Waals surface area (Å²) in [6, 6.07) is 22.7. The first kappa shape index (κ1) is 50.9. The molecule has 3 N–H and O–H groups in total. The lowest BCUT2D eigenvalue weighted by molar-refractivity contribution is -0.384. The molecular formula is C52H61FN4O11S. The predicted octanol–water partition coefficient (Wildman–Crippen LogP) is 9.21. The molecule has 0 spiro atoms. The van der Waals surface area contributed by atoms with Crippen LogP contribution >= 0.6 is 0 Å². The van der Waals surface area contributed by atoms with Crippen molar-refractivity contribution in [3.8, 4) is 11.5 Å². The fraction of sp³-hybridized carbons (Fsp3) is 0.423. The Morgan fingerprint density at radius 2 is 1.74 bits per heavy atom. The average molecular weight is 969 g/mol. The van der Waals surface area contributed by atoms with Gasteiger partial charge in [-0.2, -0.15) is 4.31 Å². The number of aliphatic hydroxyl groups is 2. The van der Waals surface area contributed by atoms with E-state index < -0.39 is 44.4 Å². The number of hydrogen-bond acceptors (Lipinski definition) is 12. The highest BCUT2D eigenvalue weighted by molar-refractivity contribution is 7.89. The number of oxime groups is 1. The summed E-state index contributed by atoms with van der Waals surface area (Å²) < 4.78 is 67.5. The number of carbonyl (C=O) groups is 1. The van der Waals surface area contributed by atoms with Crippen LogP contribution in [-0.2, 0) is 37.6 Å². The number of carbonyl (C=O) groups excluding carboxylic acids is 1. The van der Waals surface area contributed by atoms with Crippen molar-refractivity contribution in [2.75, 3.05) is 31.7 Å². The lowest BCUT2D eigenvalue weighted by Gasteiger charge is -2.59. The summed E-state index contributed by atoms with van der Waals surface area (Å²) in [7, 11) is -4.36. The van der Waals surface area contributed by atoms with Crippen molar-refractivity contribution in [1.82, 2.24) is 4.31 Å². The van der Waals surface area contributed by atoms with Crippen molar-refractivity contribution >= 4 is 33.0 Å². The van der Waals surface area contributed by atoms with E-state index in [0.717, 1.165) is 11.1 Å². The molecule has 4 aromatic carbocycles. The number of fused-ring (bicyclic) bond motifs is 2. The number of rotatable bonds is 24. The molecule has 7 rings (SSSR count). The number of hydrogen-bond donors (Lipinski definition) is 3. The van der Waals surface area contributed by atoms with E-state index in [1.165, 1.54) is 53.7 Å². The van der Waals surface area contributed by atoms with E-state index in [0.29, 0.717) is 79.0 Å². The smallest absolute Gasteiger partial charge is 0.269 e. The molecule has 368 valence electrons. The number of non-ortho nitro benzene ring substituents is 1. The van der Waals surface area contributed by atoms with Crippen LogP contribution in [0.3, 0.4) is 0 Å². The molecule has 15 nitrogen and oxygen atoms in total. The Labute approximate surface area is 402 Å². The molecule has 6 atom stereocenters. The van der Waals surface area contributed by atoms with E-state index >= 15 is 8.42 Å². The topological polar surface area (TPSA) is 199 Å². The molecule has 3 aliphatic rings. The molecule has 0 unspecified atom stereocenters. The molecule has 1 aliphatic heterocycles. The highest BCUT2D eigenvalue weighted by Gasteiger charge is 2.66. The van der Waals surface area contributed by atoms with Crippen molar-refractivity contribution in [3.05, 3.63) is 148 Å². The van der Waals surface area contributed by atoms with E-state index in [4.69, 9.17) is 24.2 Å². The molecule has 17 heteroatoms. The standard InChI is InChI=1S/C52H61FN4O11S/c1-4-26-56(69(63,64)42-23-18-39(19-24-42)54-35(3)60)49-32-47(55-67-33-36-16-20-40(21-17-36)57(61)62)44-30-37(12-8-10-27-58)43(14-9-11-28-59)50-45-31-41(65-34-38-13-6-7-15-46(38)53)22-25-48(45)68-52(49,51(44)50)66-29-5-2/h5-7,13,15-25,30-31,37,43,49-51,58-59H,2,4,8-12,14,26-29,32-34H2,1,3H3,(H,54,60)/t37-,43+,49-,50+,51+,52+/m0/s1. The number of benzene rings is 4. The lowest BCUT2D eigenvalue weighted by Crippen LogP contribution is -2.70. The number of amides is 1. The van der Waals surface area contributed by atoms with Crippen LogP contribution in [0.2, 0.25) is 0 Å². The summed E-state index contributed by atoms with van der Waals surface area (Å²) in [6.45, 7) is 7.20. The number of nitro groups is 1. The normalized spacial score (nSPS) is 22.2. The number of sulfonamides is 1. The third-order valence-corrected chi connectivity index (χ3v) is 15.0. The molecule has 69 heavy (non-hydrogen) atoms. The second kappa shape index (κ2) is 23.1. The van der Waals surface area contributed by atoms with Crippen molar-refractivity contribution in [1.29, 1.82) is 0 Å². The zero-order chi connectivity index (χ0) is 49.1. The van der Waals surface area contributed by atoms with Gasteiger partial charge >= 0.3 is 0 Å². The van der Waals surface area contributed by atoms with Crippen molar-refractivity contribution in [2.45, 2.75) is 101 Å². The van der Waals surface area contributed by atoms with Crippen molar-refractivity contribution in [2.24, 2.45) is 22.9 Å². The molecule has 0 aromatic heterocycles. The van der Waals surface area contributed by atoms with E-state index in [1.54, 1.807) is 48.5 Å². The van der Waals surface area contributed by atoms with Crippen LogP contribution in [0.1, 0.15) is 87.8 Å². The predicted molar refractivity (Wildman–Crippen MR) is 259 cm³/mol. The van der Waals surface area contributed by atoms with Crippen molar-refractivity contribution < 1.29 is 51.8 Å². The van der Waals surface area contributed by atoms with Gasteiger partial charge in [0.2, 0.25) is 21.7 Å². The van der Waals surface area contributed by atoms with Crippen LogP contribution in [0.4, 0.5) is 15.8 Å². The van der Waals surface area contributed by atoms with Gasteiger partial charge in [-0.1, -0.05) is 55.3 Å². The molecule has 0 bridgehead atoms. The Balaban J connectivity index is 1.44. The molecule has 0 radical (unpaired) electrons. The second-order valence-corrected chi connectivity index (χ2v) is 19.6. The number of unbranched alkanes of at least 4 members (excludes halogenated alkanes) is 2. The van der Waals surface area contributed by atoms with Crippen LogP contribution in [-0.4, -0.2) is 77.7 Å². The Morgan fingerprint density at radius 1 is 1.01 bits per heavy atom. The number of ether oxygens (including phenoxy) is 3. The maximum Gasteiger partial charge on any atom is 0.269 e. The van der Waals surface area contributed by atoms with Gasteiger partial charge in [0, 0.05) is 68.0 Å². The monoisotopic (exact) mass is 968 g/mol. The Morgan fingerprint density at radius 3 is 2.41 bits per heavy atom. The fourth-order valence-electron chi connectivity index (χ4n) is 10.1. The fourth-order valence-corrected chi connectivity index (χ4v) is 11.8. The average Bonchev–Trinajstić information content (AvgIpc) is 3.33. The van der Waals surface area contributed by atoms with Gasteiger partial charge in [-0.05, 0) is 116 Å². The molecule has 1 amide bonds. The molecule has 1 saturated carbocycles. The molecule has 4 aromatic rings. The van der Waals surface area contributed by atoms with Gasteiger partial charge in [-0.3, -0.25) is 14.9 Å². The first-order valence-corrected chi connectivity index (χ1v) is 25.0. The summed E-state index contributed by atoms with van der Waals surface area (Å²) in [5.41, 5.74) is 3.34. The highest BCUT2D eigenvalue weighted by Crippen LogP contribution is 2.62. The molecular weight excluding hydrogens is 908 g/mol. The van der Waals surface area contributed by atoms with E-state index in [-0.39, 0.29) is 74.3 Å². The van der Waals surface area contributed by atoms with Crippen LogP contribution < -0.4 is 14.8 Å². The van der Waals surface area contributed by atoms with E-state index in [2.05, 4.69) is 18.0 Å². The van der Waals surface area contributed by atoms with Crippen LogP contribution in [0.15, 0.2) is 125 Å². The number of nitro benzene ring substituents is 1. The van der Waals surface area contributed by atoms with Gasteiger partial charge in [-0.25, -0.2) is 12.8 Å². The van der Waals surface area contributed by atoms with Crippen LogP contribution in [0.25, 0.3) is 0 Å². The SMILES string of the molecule is C=CCO[C@@]12Oc3ccc(OCc4ccccc4F)cc3[C@H]3[C@H](CCCCO)[C@@H](CCCCO)C=C(C(=NOCc4ccc([N+](=O)[O-])cc4)C[C@@H]1N(CCC)S(=O)(=O)c1ccc(NC(C)=O)cc1)[C@H]32. The highest BCUT2D eigenvalue weighted by atomic mass is 32.2. The van der Waals surface area contributed by atoms with Gasteiger partial charge in [-0.15, -0.1) is 6.58 Å². The summed E-state index contributed by atoms with van der Waals surface area (Å²) in [5, 5.41) is 38.9. The summed E-state index contributed by atoms with van der Waals surface area (Å²) in [5.74, 6) is -2.86. The number of halogens is 1. The van der Waals surface area contributed by atoms with E-state index in [1.807, 2.05) is 13.0 Å². The van der Waals surface area contributed by atoms with Gasteiger partial charge in [0.1, 0.15) is 30.5 Å². The Bertz CT molecular complexity index is 2610. The minimum absolute atomic E-state index is 0.00217. The van der Waals surface area contributed by atoms with Gasteiger partial charge in [0.25, 0.3) is 5.69 Å². The van der Waals surface area contributed by atoms with E-state index in [9.17, 15) is 29.5 Å². The Hall–Kier alpha value is -5.98. The zero-order valence-electron chi connectivity index (χ0n) is 39.0. The van der Waals surface area contributed by atoms with Gasteiger partial charge in [0.05, 0.1) is 34.1 Å². The van der Waals surface area contributed by atoms with Crippen molar-refractivity contribution in [3.63, 3.8) is 0 Å². The quantitative estimate of drug-likeness (QED) is 0.0262. The second-order valence-electron chi connectivity index (χ2n) is 17.7. The third kappa shape index (κ3) is 11.4. The number of anilines is 1. The van der Waals surface area contributed by atoms with Crippen LogP contribution in [0, 0.1) is 33.7 Å². The summed E-state index contributed by atoms with van der Waals surface area (Å²) in [6.07, 6.45) is 8.05. The zero-order valence-corrected chi connectivity index (χ0v) is 39.8. The minimum atomic E-state index is -4.36. The lowest BCUT2D eigenvalue weighted by atomic mass is 9.55. The maximum absolute atomic E-state index is 15.3. The first-order chi connectivity index (χ1) is 33.3. The largest absolute Gasteiger partial charge is 0.489 e. The summed E-state index contributed by atoms with van der Waals surface area (Å²) >= 11 is 0. The van der Waals surface area contributed by atoms with Crippen LogP contribution in [0.5, 0.6) is 11.5 Å². The molecule has 1 fully saturated rings. The third-order valence-electron chi connectivity index (χ3n) is 13.1. The number of nitrogens with one attached hydrogen (secondary N) is 1. The molecule has 2 aliphatic carbocycles. The number of aliphatic hydroxyl groups excluding tert-OH is 2. The molecule has 1 heterocycles. The number of allylic oxidation sites excluding steroid dienone is 1. The minimum Gasteiger partial charge on any atom is -0.489 e. The molecule has 0 saturated heterocycles. The first-order valence-electron chi connectivity index (χ1n) is 23.5. The summed E-state index contributed by atoms with van der Waals surface area (Å²) in [4.78, 5) is 28.9. The maximum atomic E-state index is 15.3. The van der Waals surface area contributed by atoms with Gasteiger partial charge in [0.15, 0.2) is 0 Å².